The van der Waals surface area contributed by atoms with Crippen LogP contribution in [0.1, 0.15) is 45.1 Å². The maximum absolute atomic E-state index is 4.18. The highest BCUT2D eigenvalue weighted by Gasteiger charge is 2.26. The van der Waals surface area contributed by atoms with Gasteiger partial charge in [0, 0.05) is 29.5 Å². The standard InChI is InChI=1S/C14H21BrN2/c1-14(2)5-3-13(4-6-14)17-9-11-7-12(15)10-16-8-11/h7-8,10,13,17H,3-6,9H2,1-2H3. The summed E-state index contributed by atoms with van der Waals surface area (Å²) in [6.07, 6.45) is 9.03. The minimum atomic E-state index is 0.551. The third-order valence-corrected chi connectivity index (χ3v) is 4.13. The van der Waals surface area contributed by atoms with Gasteiger partial charge in [-0.15, -0.1) is 0 Å². The van der Waals surface area contributed by atoms with Crippen LogP contribution in [0.2, 0.25) is 0 Å². The summed E-state index contributed by atoms with van der Waals surface area (Å²) in [5.41, 5.74) is 1.80. The van der Waals surface area contributed by atoms with E-state index in [-0.39, 0.29) is 0 Å². The van der Waals surface area contributed by atoms with Crippen LogP contribution in [0.4, 0.5) is 0 Å². The molecule has 94 valence electrons. The fourth-order valence-corrected chi connectivity index (χ4v) is 2.83. The lowest BCUT2D eigenvalue weighted by atomic mass is 9.75. The molecule has 1 fully saturated rings. The Hall–Kier alpha value is -0.410. The summed E-state index contributed by atoms with van der Waals surface area (Å²) in [6, 6.07) is 2.81. The Morgan fingerprint density at radius 1 is 1.35 bits per heavy atom. The quantitative estimate of drug-likeness (QED) is 0.915. The molecule has 0 amide bonds. The molecule has 0 spiro atoms. The molecule has 1 heterocycles. The molecule has 0 bridgehead atoms. The molecule has 0 radical (unpaired) electrons. The van der Waals surface area contributed by atoms with E-state index in [0.29, 0.717) is 11.5 Å². The molecule has 1 aromatic rings. The van der Waals surface area contributed by atoms with Gasteiger partial charge in [-0.2, -0.15) is 0 Å². The van der Waals surface area contributed by atoms with Crippen LogP contribution < -0.4 is 5.32 Å². The van der Waals surface area contributed by atoms with Gasteiger partial charge >= 0.3 is 0 Å². The first-order valence-electron chi connectivity index (χ1n) is 6.38. The summed E-state index contributed by atoms with van der Waals surface area (Å²) >= 11 is 3.45. The number of rotatable bonds is 3. The van der Waals surface area contributed by atoms with E-state index in [9.17, 15) is 0 Å². The average molecular weight is 297 g/mol. The molecule has 0 unspecified atom stereocenters. The molecule has 1 N–H and O–H groups in total. The van der Waals surface area contributed by atoms with Gasteiger partial charge in [-0.1, -0.05) is 13.8 Å². The third-order valence-electron chi connectivity index (χ3n) is 3.70. The largest absolute Gasteiger partial charge is 0.310 e. The molecule has 0 atom stereocenters. The Balaban J connectivity index is 1.80. The second kappa shape index (κ2) is 5.49. The van der Waals surface area contributed by atoms with Gasteiger partial charge in [0.1, 0.15) is 0 Å². The Labute approximate surface area is 112 Å². The first-order chi connectivity index (χ1) is 8.05. The van der Waals surface area contributed by atoms with E-state index in [1.807, 2.05) is 12.4 Å². The van der Waals surface area contributed by atoms with Gasteiger partial charge in [0.25, 0.3) is 0 Å². The predicted molar refractivity (Wildman–Crippen MR) is 74.8 cm³/mol. The fourth-order valence-electron chi connectivity index (χ4n) is 2.42. The highest BCUT2D eigenvalue weighted by molar-refractivity contribution is 9.10. The molecule has 0 aliphatic heterocycles. The fraction of sp³-hybridized carbons (Fsp3) is 0.643. The number of nitrogens with one attached hydrogen (secondary N) is 1. The minimum Gasteiger partial charge on any atom is -0.310 e. The van der Waals surface area contributed by atoms with Gasteiger partial charge in [-0.25, -0.2) is 0 Å². The van der Waals surface area contributed by atoms with Gasteiger partial charge in [0.2, 0.25) is 0 Å². The summed E-state index contributed by atoms with van der Waals surface area (Å²) in [5.74, 6) is 0. The normalized spacial score (nSPS) is 20.4. The van der Waals surface area contributed by atoms with E-state index >= 15 is 0 Å². The Morgan fingerprint density at radius 2 is 2.06 bits per heavy atom. The van der Waals surface area contributed by atoms with E-state index in [4.69, 9.17) is 0 Å². The molecule has 2 rings (SSSR count). The summed E-state index contributed by atoms with van der Waals surface area (Å²) in [4.78, 5) is 4.18. The van der Waals surface area contributed by atoms with Crippen LogP contribution in [0.3, 0.4) is 0 Å². The third kappa shape index (κ3) is 4.07. The van der Waals surface area contributed by atoms with Gasteiger partial charge in [-0.3, -0.25) is 4.98 Å². The molecule has 1 saturated carbocycles. The van der Waals surface area contributed by atoms with Crippen molar-refractivity contribution < 1.29 is 0 Å². The summed E-state index contributed by atoms with van der Waals surface area (Å²) in [6.45, 7) is 5.68. The second-order valence-electron chi connectivity index (χ2n) is 5.83. The number of nitrogens with zero attached hydrogens (tertiary/aromatic N) is 1. The zero-order valence-corrected chi connectivity index (χ0v) is 12.3. The van der Waals surface area contributed by atoms with Crippen LogP contribution in [0.5, 0.6) is 0 Å². The van der Waals surface area contributed by atoms with Gasteiger partial charge in [0.15, 0.2) is 0 Å². The lowest BCUT2D eigenvalue weighted by Crippen LogP contribution is -2.35. The summed E-state index contributed by atoms with van der Waals surface area (Å²) in [5, 5.41) is 3.64. The van der Waals surface area contributed by atoms with Crippen molar-refractivity contribution in [1.29, 1.82) is 0 Å². The molecule has 1 aromatic heterocycles. The van der Waals surface area contributed by atoms with Gasteiger partial charge in [-0.05, 0) is 58.7 Å². The second-order valence-corrected chi connectivity index (χ2v) is 6.75. The zero-order chi connectivity index (χ0) is 12.3. The molecule has 0 aromatic carbocycles. The zero-order valence-electron chi connectivity index (χ0n) is 10.7. The van der Waals surface area contributed by atoms with Crippen LogP contribution in [0, 0.1) is 5.41 Å². The predicted octanol–water partition coefficient (Wildman–Crippen LogP) is 3.90. The number of pyridine rings is 1. The van der Waals surface area contributed by atoms with Crippen molar-refractivity contribution in [3.05, 3.63) is 28.5 Å². The van der Waals surface area contributed by atoms with E-state index in [1.54, 1.807) is 0 Å². The maximum Gasteiger partial charge on any atom is 0.0410 e. The van der Waals surface area contributed by atoms with Crippen LogP contribution in [-0.2, 0) is 6.54 Å². The lowest BCUT2D eigenvalue weighted by Gasteiger charge is -2.34. The van der Waals surface area contributed by atoms with Crippen LogP contribution in [0.15, 0.2) is 22.9 Å². The topological polar surface area (TPSA) is 24.9 Å². The van der Waals surface area contributed by atoms with E-state index in [2.05, 4.69) is 46.1 Å². The molecule has 2 nitrogen and oxygen atoms in total. The van der Waals surface area contributed by atoms with Crippen molar-refractivity contribution in [1.82, 2.24) is 10.3 Å². The monoisotopic (exact) mass is 296 g/mol. The first-order valence-corrected chi connectivity index (χ1v) is 7.17. The van der Waals surface area contributed by atoms with Crippen LogP contribution >= 0.6 is 15.9 Å². The number of aromatic nitrogens is 1. The molecule has 1 aliphatic carbocycles. The van der Waals surface area contributed by atoms with Crippen molar-refractivity contribution in [3.63, 3.8) is 0 Å². The number of hydrogen-bond donors (Lipinski definition) is 1. The Bertz CT molecular complexity index is 366. The van der Waals surface area contributed by atoms with Crippen LogP contribution in [0.25, 0.3) is 0 Å². The maximum atomic E-state index is 4.18. The highest BCUT2D eigenvalue weighted by Crippen LogP contribution is 2.35. The van der Waals surface area contributed by atoms with E-state index < -0.39 is 0 Å². The van der Waals surface area contributed by atoms with Crippen molar-refractivity contribution in [2.75, 3.05) is 0 Å². The van der Waals surface area contributed by atoms with Crippen molar-refractivity contribution in [3.8, 4) is 0 Å². The number of hydrogen-bond acceptors (Lipinski definition) is 2. The van der Waals surface area contributed by atoms with Crippen LogP contribution in [-0.4, -0.2) is 11.0 Å². The number of halogens is 1. The molecule has 17 heavy (non-hydrogen) atoms. The van der Waals surface area contributed by atoms with Crippen molar-refractivity contribution in [2.45, 2.75) is 52.1 Å². The average Bonchev–Trinajstić information content (AvgIpc) is 2.28. The van der Waals surface area contributed by atoms with E-state index in [0.717, 1.165) is 11.0 Å². The molecule has 1 aliphatic rings. The highest BCUT2D eigenvalue weighted by atomic mass is 79.9. The smallest absolute Gasteiger partial charge is 0.0410 e. The Morgan fingerprint density at radius 3 is 2.71 bits per heavy atom. The molecule has 3 heteroatoms. The first kappa shape index (κ1) is 13.0. The Kier molecular flexibility index (Phi) is 4.21. The molecular formula is C14H21BrN2. The van der Waals surface area contributed by atoms with Gasteiger partial charge in [0.05, 0.1) is 0 Å². The van der Waals surface area contributed by atoms with Gasteiger partial charge < -0.3 is 5.32 Å². The lowest BCUT2D eigenvalue weighted by molar-refractivity contribution is 0.206. The molecule has 0 saturated heterocycles. The SMILES string of the molecule is CC1(C)CCC(NCc2cncc(Br)c2)CC1. The van der Waals surface area contributed by atoms with Crippen molar-refractivity contribution in [2.24, 2.45) is 5.41 Å². The summed E-state index contributed by atoms with van der Waals surface area (Å²) < 4.78 is 1.06. The minimum absolute atomic E-state index is 0.551. The van der Waals surface area contributed by atoms with E-state index in [1.165, 1.54) is 31.2 Å². The summed E-state index contributed by atoms with van der Waals surface area (Å²) in [7, 11) is 0. The molecular weight excluding hydrogens is 276 g/mol. The van der Waals surface area contributed by atoms with Crippen molar-refractivity contribution >= 4 is 15.9 Å².